The monoisotopic (exact) mass is 418 g/mol. The van der Waals surface area contributed by atoms with Crippen LogP contribution in [0.3, 0.4) is 0 Å². The molecule has 0 aliphatic heterocycles. The van der Waals surface area contributed by atoms with Gasteiger partial charge in [0.2, 0.25) is 5.88 Å². The first-order valence-corrected chi connectivity index (χ1v) is 10.9. The highest BCUT2D eigenvalue weighted by molar-refractivity contribution is 5.79. The van der Waals surface area contributed by atoms with E-state index in [1.807, 2.05) is 35.3 Å². The van der Waals surface area contributed by atoms with Crippen molar-refractivity contribution in [3.63, 3.8) is 0 Å². The highest BCUT2D eigenvalue weighted by Crippen LogP contribution is 2.23. The molecule has 162 valence electrons. The summed E-state index contributed by atoms with van der Waals surface area (Å²) in [5.41, 5.74) is 3.57. The molecule has 3 aromatic rings. The number of pyridine rings is 1. The molecule has 7 heteroatoms. The summed E-state index contributed by atoms with van der Waals surface area (Å²) in [6.07, 6.45) is 10.7. The minimum Gasteiger partial charge on any atom is -0.474 e. The molecule has 4 rings (SSSR count). The van der Waals surface area contributed by atoms with Crippen LogP contribution in [-0.4, -0.2) is 33.9 Å². The molecule has 1 fully saturated rings. The Bertz CT molecular complexity index is 979. The Morgan fingerprint density at radius 2 is 1.87 bits per heavy atom. The van der Waals surface area contributed by atoms with Gasteiger partial charge in [0.1, 0.15) is 6.10 Å². The maximum atomic E-state index is 6.02. The normalized spacial score (nSPS) is 14.5. The summed E-state index contributed by atoms with van der Waals surface area (Å²) in [5.74, 6) is 1.46. The SMILES string of the molecule is CN=C(NCc1ccnc(OC2CCCC2)c1)NCc1ccccc1Cn1cccn1. The molecule has 0 radical (unpaired) electrons. The highest BCUT2D eigenvalue weighted by atomic mass is 16.5. The summed E-state index contributed by atoms with van der Waals surface area (Å²) in [7, 11) is 1.78. The van der Waals surface area contributed by atoms with E-state index in [-0.39, 0.29) is 0 Å². The number of benzene rings is 1. The lowest BCUT2D eigenvalue weighted by molar-refractivity contribution is 0.201. The van der Waals surface area contributed by atoms with Crippen LogP contribution in [0.1, 0.15) is 42.4 Å². The fourth-order valence-electron chi connectivity index (χ4n) is 3.84. The van der Waals surface area contributed by atoms with Gasteiger partial charge in [0.25, 0.3) is 0 Å². The number of hydrogen-bond acceptors (Lipinski definition) is 4. The van der Waals surface area contributed by atoms with Crippen molar-refractivity contribution in [1.82, 2.24) is 25.4 Å². The van der Waals surface area contributed by atoms with Crippen molar-refractivity contribution in [2.24, 2.45) is 4.99 Å². The minimum absolute atomic E-state index is 0.312. The Balaban J connectivity index is 1.31. The largest absolute Gasteiger partial charge is 0.474 e. The second-order valence-electron chi connectivity index (χ2n) is 7.78. The standard InChI is InChI=1S/C24H30N6O/c1-25-24(27-16-19-11-13-26-23(15-19)31-22-9-4-5-10-22)28-17-20-7-2-3-8-21(20)18-30-14-6-12-29-30/h2-3,6-8,11-15,22H,4-5,9-10,16-18H2,1H3,(H2,25,27,28). The highest BCUT2D eigenvalue weighted by Gasteiger charge is 2.17. The van der Waals surface area contributed by atoms with Crippen LogP contribution >= 0.6 is 0 Å². The molecule has 1 aliphatic carbocycles. The molecule has 0 bridgehead atoms. The van der Waals surface area contributed by atoms with Crippen molar-refractivity contribution in [2.45, 2.75) is 51.4 Å². The molecule has 0 unspecified atom stereocenters. The lowest BCUT2D eigenvalue weighted by Crippen LogP contribution is -2.36. The van der Waals surface area contributed by atoms with E-state index in [0.29, 0.717) is 25.1 Å². The fraction of sp³-hybridized carbons (Fsp3) is 0.375. The van der Waals surface area contributed by atoms with Gasteiger partial charge in [-0.15, -0.1) is 0 Å². The molecule has 1 aromatic carbocycles. The topological polar surface area (TPSA) is 76.4 Å². The van der Waals surface area contributed by atoms with Crippen LogP contribution in [0.5, 0.6) is 5.88 Å². The zero-order chi connectivity index (χ0) is 21.3. The number of guanidine groups is 1. The van der Waals surface area contributed by atoms with Crippen LogP contribution in [-0.2, 0) is 19.6 Å². The van der Waals surface area contributed by atoms with Crippen LogP contribution in [0.4, 0.5) is 0 Å². The van der Waals surface area contributed by atoms with Gasteiger partial charge in [-0.3, -0.25) is 9.67 Å². The quantitative estimate of drug-likeness (QED) is 0.432. The van der Waals surface area contributed by atoms with Crippen LogP contribution < -0.4 is 15.4 Å². The zero-order valence-electron chi connectivity index (χ0n) is 18.0. The predicted molar refractivity (Wildman–Crippen MR) is 122 cm³/mol. The van der Waals surface area contributed by atoms with Gasteiger partial charge in [-0.2, -0.15) is 5.10 Å². The number of nitrogens with zero attached hydrogens (tertiary/aromatic N) is 4. The number of nitrogens with one attached hydrogen (secondary N) is 2. The van der Waals surface area contributed by atoms with Gasteiger partial charge in [-0.1, -0.05) is 24.3 Å². The van der Waals surface area contributed by atoms with E-state index >= 15 is 0 Å². The summed E-state index contributed by atoms with van der Waals surface area (Å²) >= 11 is 0. The Labute approximate surface area is 183 Å². The molecule has 7 nitrogen and oxygen atoms in total. The van der Waals surface area contributed by atoms with Crippen LogP contribution in [0.25, 0.3) is 0 Å². The molecule has 2 heterocycles. The molecule has 0 spiro atoms. The van der Waals surface area contributed by atoms with Crippen LogP contribution in [0, 0.1) is 0 Å². The molecule has 0 atom stereocenters. The van der Waals surface area contributed by atoms with E-state index in [4.69, 9.17) is 4.74 Å². The van der Waals surface area contributed by atoms with Gasteiger partial charge in [-0.05, 0) is 54.5 Å². The molecular formula is C24H30N6O. The molecule has 1 aliphatic rings. The first-order chi connectivity index (χ1) is 15.3. The maximum absolute atomic E-state index is 6.02. The maximum Gasteiger partial charge on any atom is 0.213 e. The van der Waals surface area contributed by atoms with Crippen molar-refractivity contribution in [2.75, 3.05) is 7.05 Å². The summed E-state index contributed by atoms with van der Waals surface area (Å²) in [6, 6.07) is 14.3. The summed E-state index contributed by atoms with van der Waals surface area (Å²) in [6.45, 7) is 2.08. The Kier molecular flexibility index (Phi) is 7.16. The van der Waals surface area contributed by atoms with Crippen molar-refractivity contribution < 1.29 is 4.74 Å². The van der Waals surface area contributed by atoms with E-state index in [1.165, 1.54) is 24.0 Å². The molecular weight excluding hydrogens is 388 g/mol. The average Bonchev–Trinajstić information content (AvgIpc) is 3.50. The number of aliphatic imine (C=N–C) groups is 1. The molecule has 0 saturated heterocycles. The molecule has 2 N–H and O–H groups in total. The number of aromatic nitrogens is 3. The van der Waals surface area contributed by atoms with E-state index < -0.39 is 0 Å². The number of hydrogen-bond donors (Lipinski definition) is 2. The number of ether oxygens (including phenoxy) is 1. The summed E-state index contributed by atoms with van der Waals surface area (Å²) < 4.78 is 7.95. The fourth-order valence-corrected chi connectivity index (χ4v) is 3.84. The first-order valence-electron chi connectivity index (χ1n) is 10.9. The number of rotatable bonds is 8. The van der Waals surface area contributed by atoms with Gasteiger partial charge in [0.05, 0.1) is 6.54 Å². The molecule has 2 aromatic heterocycles. The second kappa shape index (κ2) is 10.6. The predicted octanol–water partition coefficient (Wildman–Crippen LogP) is 3.51. The third-order valence-corrected chi connectivity index (χ3v) is 5.53. The minimum atomic E-state index is 0.312. The lowest BCUT2D eigenvalue weighted by Gasteiger charge is -2.15. The van der Waals surface area contributed by atoms with E-state index in [9.17, 15) is 0 Å². The van der Waals surface area contributed by atoms with Gasteiger partial charge >= 0.3 is 0 Å². The zero-order valence-corrected chi connectivity index (χ0v) is 18.0. The third-order valence-electron chi connectivity index (χ3n) is 5.53. The Morgan fingerprint density at radius 3 is 2.65 bits per heavy atom. The molecule has 0 amide bonds. The lowest BCUT2D eigenvalue weighted by atomic mass is 10.1. The van der Waals surface area contributed by atoms with Gasteiger partial charge in [-0.25, -0.2) is 4.98 Å². The van der Waals surface area contributed by atoms with E-state index in [1.54, 1.807) is 13.2 Å². The molecule has 31 heavy (non-hydrogen) atoms. The summed E-state index contributed by atoms with van der Waals surface area (Å²) in [5, 5.41) is 11.1. The average molecular weight is 419 g/mol. The van der Waals surface area contributed by atoms with Crippen LogP contribution in [0.2, 0.25) is 0 Å². The second-order valence-corrected chi connectivity index (χ2v) is 7.78. The van der Waals surface area contributed by atoms with E-state index in [2.05, 4.69) is 50.0 Å². The van der Waals surface area contributed by atoms with Gasteiger partial charge < -0.3 is 15.4 Å². The van der Waals surface area contributed by atoms with Crippen molar-refractivity contribution in [3.05, 3.63) is 77.7 Å². The first kappa shape index (κ1) is 20.9. The third kappa shape index (κ3) is 6.07. The van der Waals surface area contributed by atoms with Gasteiger partial charge in [0.15, 0.2) is 5.96 Å². The van der Waals surface area contributed by atoms with Crippen molar-refractivity contribution >= 4 is 5.96 Å². The molecule has 1 saturated carbocycles. The summed E-state index contributed by atoms with van der Waals surface area (Å²) in [4.78, 5) is 8.72. The smallest absolute Gasteiger partial charge is 0.213 e. The van der Waals surface area contributed by atoms with Crippen molar-refractivity contribution in [1.29, 1.82) is 0 Å². The Morgan fingerprint density at radius 1 is 1.06 bits per heavy atom. The van der Waals surface area contributed by atoms with Crippen LogP contribution in [0.15, 0.2) is 66.0 Å². The van der Waals surface area contributed by atoms with Crippen molar-refractivity contribution in [3.8, 4) is 5.88 Å². The van der Waals surface area contributed by atoms with Gasteiger partial charge in [0, 0.05) is 44.8 Å². The Hall–Kier alpha value is -3.35. The van der Waals surface area contributed by atoms with E-state index in [0.717, 1.165) is 30.9 Å².